The van der Waals surface area contributed by atoms with Crippen LogP contribution in [-0.2, 0) is 20.7 Å². The van der Waals surface area contributed by atoms with E-state index in [-0.39, 0.29) is 5.56 Å². The second-order valence-electron chi connectivity index (χ2n) is 4.92. The number of halogens is 2. The van der Waals surface area contributed by atoms with Gasteiger partial charge in [-0.05, 0) is 31.4 Å². The number of nitriles is 1. The predicted molar refractivity (Wildman–Crippen MR) is 78.1 cm³/mol. The molecule has 1 amide bonds. The number of hydrogen-bond acceptors (Lipinski definition) is 4. The molecule has 0 aromatic heterocycles. The van der Waals surface area contributed by atoms with Crippen molar-refractivity contribution in [2.45, 2.75) is 38.1 Å². The lowest BCUT2D eigenvalue weighted by Crippen LogP contribution is -2.42. The van der Waals surface area contributed by atoms with Gasteiger partial charge >= 0.3 is 5.97 Å². The fraction of sp³-hybridized carbons (Fsp3) is 0.438. The Bertz CT molecular complexity index is 579. The van der Waals surface area contributed by atoms with Crippen LogP contribution in [0, 0.1) is 23.0 Å². The lowest BCUT2D eigenvalue weighted by atomic mass is 10.1. The highest BCUT2D eigenvalue weighted by atomic mass is 19.1. The van der Waals surface area contributed by atoms with E-state index in [9.17, 15) is 18.4 Å². The Morgan fingerprint density at radius 1 is 1.30 bits per heavy atom. The summed E-state index contributed by atoms with van der Waals surface area (Å²) in [5, 5.41) is 10.9. The van der Waals surface area contributed by atoms with Gasteiger partial charge in [0.1, 0.15) is 17.7 Å². The Morgan fingerprint density at radius 3 is 2.52 bits per heavy atom. The van der Waals surface area contributed by atoms with Gasteiger partial charge in [0.05, 0.1) is 19.6 Å². The summed E-state index contributed by atoms with van der Waals surface area (Å²) >= 11 is 0. The highest BCUT2D eigenvalue weighted by molar-refractivity contribution is 5.85. The quantitative estimate of drug-likeness (QED) is 0.587. The minimum atomic E-state index is -0.902. The Kier molecular flexibility index (Phi) is 7.67. The molecule has 0 spiro atoms. The third-order valence-corrected chi connectivity index (χ3v) is 3.25. The first-order chi connectivity index (χ1) is 11.0. The van der Waals surface area contributed by atoms with Crippen LogP contribution in [0.15, 0.2) is 18.2 Å². The van der Waals surface area contributed by atoms with Crippen molar-refractivity contribution in [1.29, 1.82) is 5.26 Å². The average Bonchev–Trinajstić information content (AvgIpc) is 2.53. The highest BCUT2D eigenvalue weighted by Crippen LogP contribution is 2.13. The minimum absolute atomic E-state index is 0.292. The van der Waals surface area contributed by atoms with E-state index in [4.69, 9.17) is 5.26 Å². The Morgan fingerprint density at radius 2 is 1.96 bits per heavy atom. The van der Waals surface area contributed by atoms with Gasteiger partial charge in [-0.15, -0.1) is 0 Å². The lowest BCUT2D eigenvalue weighted by Gasteiger charge is -2.16. The topological polar surface area (TPSA) is 79.2 Å². The van der Waals surface area contributed by atoms with E-state index < -0.39 is 36.0 Å². The molecule has 0 fully saturated rings. The second kappa shape index (κ2) is 9.51. The molecule has 0 radical (unpaired) electrons. The Labute approximate surface area is 133 Å². The predicted octanol–water partition coefficient (Wildman–Crippen LogP) is 2.25. The number of hydrogen-bond donors (Lipinski definition) is 1. The van der Waals surface area contributed by atoms with Gasteiger partial charge in [-0.25, -0.2) is 13.6 Å². The molecule has 0 aliphatic heterocycles. The summed E-state index contributed by atoms with van der Waals surface area (Å²) in [5.41, 5.74) is -0.349. The fourth-order valence-corrected chi connectivity index (χ4v) is 2.05. The molecule has 0 bridgehead atoms. The highest BCUT2D eigenvalue weighted by Gasteiger charge is 2.22. The van der Waals surface area contributed by atoms with Gasteiger partial charge in [0.2, 0.25) is 5.91 Å². The second-order valence-corrected chi connectivity index (χ2v) is 4.92. The number of nitrogens with zero attached hydrogens (tertiary/aromatic N) is 1. The molecule has 1 aromatic carbocycles. The Balaban J connectivity index is 2.66. The van der Waals surface area contributed by atoms with Crippen molar-refractivity contribution < 1.29 is 23.1 Å². The van der Waals surface area contributed by atoms with E-state index in [2.05, 4.69) is 10.1 Å². The molecular weight excluding hydrogens is 306 g/mol. The number of nitrogens with one attached hydrogen (secondary N) is 1. The molecule has 1 atom stereocenters. The summed E-state index contributed by atoms with van der Waals surface area (Å²) in [6.45, 7) is 0. The summed E-state index contributed by atoms with van der Waals surface area (Å²) in [5.74, 6) is -2.94. The lowest BCUT2D eigenvalue weighted by molar-refractivity contribution is -0.145. The molecule has 1 aromatic rings. The smallest absolute Gasteiger partial charge is 0.328 e. The molecule has 5 nitrogen and oxygen atoms in total. The summed E-state index contributed by atoms with van der Waals surface area (Å²) in [6, 6.07) is 4.41. The summed E-state index contributed by atoms with van der Waals surface area (Å²) in [7, 11) is 1.19. The van der Waals surface area contributed by atoms with Gasteiger partial charge in [0, 0.05) is 12.0 Å². The van der Waals surface area contributed by atoms with E-state index in [0.29, 0.717) is 25.7 Å². The number of methoxy groups -OCH3 is 1. The van der Waals surface area contributed by atoms with Gasteiger partial charge in [0.15, 0.2) is 0 Å². The minimum Gasteiger partial charge on any atom is -0.467 e. The van der Waals surface area contributed by atoms with E-state index in [1.54, 1.807) is 0 Å². The van der Waals surface area contributed by atoms with Crippen molar-refractivity contribution in [2.24, 2.45) is 0 Å². The normalized spacial score (nSPS) is 11.4. The fourth-order valence-electron chi connectivity index (χ4n) is 2.05. The zero-order chi connectivity index (χ0) is 17.2. The van der Waals surface area contributed by atoms with Crippen LogP contribution in [0.2, 0.25) is 0 Å². The molecule has 7 heteroatoms. The maximum absolute atomic E-state index is 13.5. The molecule has 0 saturated carbocycles. The van der Waals surface area contributed by atoms with Crippen molar-refractivity contribution >= 4 is 11.9 Å². The molecule has 1 rings (SSSR count). The first kappa shape index (κ1) is 18.6. The zero-order valence-electron chi connectivity index (χ0n) is 12.8. The van der Waals surface area contributed by atoms with E-state index in [1.807, 2.05) is 6.07 Å². The average molecular weight is 324 g/mol. The number of carbonyl (C=O) groups excluding carboxylic acids is 2. The number of benzene rings is 1. The SMILES string of the molecule is COC(=O)[C@H](CCCCC#N)NC(=O)Cc1c(F)cccc1F. The van der Waals surface area contributed by atoms with Crippen molar-refractivity contribution in [3.05, 3.63) is 35.4 Å². The summed E-state index contributed by atoms with van der Waals surface area (Å²) < 4.78 is 31.6. The summed E-state index contributed by atoms with van der Waals surface area (Å²) in [4.78, 5) is 23.6. The van der Waals surface area contributed by atoms with Crippen LogP contribution in [0.4, 0.5) is 8.78 Å². The maximum Gasteiger partial charge on any atom is 0.328 e. The van der Waals surface area contributed by atoms with Crippen LogP contribution < -0.4 is 5.32 Å². The van der Waals surface area contributed by atoms with Crippen molar-refractivity contribution in [3.8, 4) is 6.07 Å². The van der Waals surface area contributed by atoms with Crippen LogP contribution in [0.5, 0.6) is 0 Å². The largest absolute Gasteiger partial charge is 0.467 e. The van der Waals surface area contributed by atoms with Crippen molar-refractivity contribution in [3.63, 3.8) is 0 Å². The number of esters is 1. The van der Waals surface area contributed by atoms with Crippen LogP contribution in [0.3, 0.4) is 0 Å². The number of carbonyl (C=O) groups is 2. The molecule has 23 heavy (non-hydrogen) atoms. The molecule has 1 N–H and O–H groups in total. The molecular formula is C16H18F2N2O3. The van der Waals surface area contributed by atoms with Crippen LogP contribution >= 0.6 is 0 Å². The summed E-state index contributed by atoms with van der Waals surface area (Å²) in [6.07, 6.45) is 1.26. The molecule has 0 saturated heterocycles. The van der Waals surface area contributed by atoms with Gasteiger partial charge in [-0.1, -0.05) is 6.07 Å². The van der Waals surface area contributed by atoms with Crippen LogP contribution in [0.1, 0.15) is 31.2 Å². The van der Waals surface area contributed by atoms with E-state index in [1.165, 1.54) is 13.2 Å². The van der Waals surface area contributed by atoms with Gasteiger partial charge in [-0.3, -0.25) is 4.79 Å². The number of ether oxygens (including phenoxy) is 1. The Hall–Kier alpha value is -2.49. The number of rotatable bonds is 8. The zero-order valence-corrected chi connectivity index (χ0v) is 12.8. The van der Waals surface area contributed by atoms with E-state index in [0.717, 1.165) is 12.1 Å². The number of amides is 1. The van der Waals surface area contributed by atoms with Crippen molar-refractivity contribution in [1.82, 2.24) is 5.32 Å². The first-order valence-corrected chi connectivity index (χ1v) is 7.16. The third kappa shape index (κ3) is 6.02. The molecule has 0 unspecified atom stereocenters. The first-order valence-electron chi connectivity index (χ1n) is 7.16. The van der Waals surface area contributed by atoms with Gasteiger partial charge < -0.3 is 10.1 Å². The van der Waals surface area contributed by atoms with Crippen LogP contribution in [0.25, 0.3) is 0 Å². The van der Waals surface area contributed by atoms with Gasteiger partial charge in [-0.2, -0.15) is 5.26 Å². The maximum atomic E-state index is 13.5. The van der Waals surface area contributed by atoms with Crippen LogP contribution in [-0.4, -0.2) is 25.0 Å². The standard InChI is InChI=1S/C16H18F2N2O3/c1-23-16(22)14(8-3-2-4-9-19)20-15(21)10-11-12(17)6-5-7-13(11)18/h5-7,14H,2-4,8,10H2,1H3,(H,20,21)/t14-/m0/s1. The van der Waals surface area contributed by atoms with E-state index >= 15 is 0 Å². The molecule has 0 heterocycles. The number of unbranched alkanes of at least 4 members (excludes halogenated alkanes) is 2. The molecule has 0 aliphatic rings. The molecule has 124 valence electrons. The monoisotopic (exact) mass is 324 g/mol. The third-order valence-electron chi connectivity index (χ3n) is 3.25. The van der Waals surface area contributed by atoms with Crippen molar-refractivity contribution in [2.75, 3.05) is 7.11 Å². The molecule has 0 aliphatic carbocycles. The van der Waals surface area contributed by atoms with Gasteiger partial charge in [0.25, 0.3) is 0 Å².